The van der Waals surface area contributed by atoms with Crippen molar-refractivity contribution in [2.45, 2.75) is 58.8 Å². The molecule has 8 rings (SSSR count). The number of phenols is 1. The maximum atomic E-state index is 13.2. The average molecular weight is 619 g/mol. The molecule has 0 saturated heterocycles. The maximum Gasteiger partial charge on any atom is 0.169 e. The highest BCUT2D eigenvalue weighted by atomic mass is 16.5. The van der Waals surface area contributed by atoms with Crippen LogP contribution >= 0.6 is 0 Å². The van der Waals surface area contributed by atoms with Gasteiger partial charge in [0.25, 0.3) is 0 Å². The van der Waals surface area contributed by atoms with E-state index >= 15 is 0 Å². The molecule has 0 amide bonds. The van der Waals surface area contributed by atoms with Gasteiger partial charge < -0.3 is 19.3 Å². The highest BCUT2D eigenvalue weighted by Crippen LogP contribution is 2.48. The highest BCUT2D eigenvalue weighted by molar-refractivity contribution is 6.04. The quantitative estimate of drug-likeness (QED) is 0.255. The molecule has 0 aliphatic heterocycles. The van der Waals surface area contributed by atoms with Gasteiger partial charge in [-0.1, -0.05) is 19.6 Å². The first kappa shape index (κ1) is 31.4. The largest absolute Gasteiger partial charge is 0.508 e. The maximum absolute atomic E-state index is 13.2. The van der Waals surface area contributed by atoms with E-state index < -0.39 is 0 Å². The van der Waals surface area contributed by atoms with Crippen LogP contribution in [-0.2, 0) is 38.5 Å². The Balaban J connectivity index is 0.000000158. The van der Waals surface area contributed by atoms with Gasteiger partial charge in [-0.05, 0) is 145 Å². The van der Waals surface area contributed by atoms with Crippen molar-refractivity contribution in [2.24, 2.45) is 10.8 Å². The van der Waals surface area contributed by atoms with Gasteiger partial charge >= 0.3 is 0 Å². The van der Waals surface area contributed by atoms with Gasteiger partial charge in [-0.3, -0.25) is 9.59 Å². The third kappa shape index (κ3) is 5.24. The lowest BCUT2D eigenvalue weighted by Crippen LogP contribution is -2.36. The first-order valence-corrected chi connectivity index (χ1v) is 15.7. The van der Waals surface area contributed by atoms with Crippen LogP contribution in [0.2, 0.25) is 0 Å². The number of aromatic hydroxyl groups is 1. The summed E-state index contributed by atoms with van der Waals surface area (Å²) in [4.78, 5) is 26.3. The number of fused-ring (bicyclic) bond motifs is 4. The Kier molecular flexibility index (Phi) is 8.18. The van der Waals surface area contributed by atoms with E-state index in [-0.39, 0.29) is 35.6 Å². The Morgan fingerprint density at radius 2 is 0.913 bits per heavy atom. The second-order valence-electron chi connectivity index (χ2n) is 13.1. The Morgan fingerprint density at radius 1 is 0.522 bits per heavy atom. The predicted octanol–water partition coefficient (Wildman–Crippen LogP) is 7.57. The smallest absolute Gasteiger partial charge is 0.169 e. The van der Waals surface area contributed by atoms with E-state index in [1.54, 1.807) is 33.5 Å². The van der Waals surface area contributed by atoms with Crippen LogP contribution < -0.4 is 14.2 Å². The van der Waals surface area contributed by atoms with Gasteiger partial charge in [-0.2, -0.15) is 0 Å². The van der Waals surface area contributed by atoms with Crippen LogP contribution in [0, 0.1) is 10.8 Å². The lowest BCUT2D eigenvalue weighted by atomic mass is 9.68. The van der Waals surface area contributed by atoms with E-state index in [4.69, 9.17) is 14.2 Å². The summed E-state index contributed by atoms with van der Waals surface area (Å²) in [6.07, 6.45) is 6.79. The molecule has 6 nitrogen and oxygen atoms in total. The fourth-order valence-electron chi connectivity index (χ4n) is 8.07. The minimum Gasteiger partial charge on any atom is -0.508 e. The number of ether oxygens (including phenoxy) is 3. The van der Waals surface area contributed by atoms with E-state index in [1.165, 1.54) is 16.7 Å². The van der Waals surface area contributed by atoms with Gasteiger partial charge in [-0.15, -0.1) is 0 Å². The van der Waals surface area contributed by atoms with Gasteiger partial charge in [0.05, 0.1) is 21.3 Å². The summed E-state index contributed by atoms with van der Waals surface area (Å²) in [7, 11) is 4.99. The minimum absolute atomic E-state index is 0. The summed E-state index contributed by atoms with van der Waals surface area (Å²) >= 11 is 0. The molecule has 46 heavy (non-hydrogen) atoms. The molecule has 4 aromatic rings. The van der Waals surface area contributed by atoms with Gasteiger partial charge in [-0.25, -0.2) is 0 Å². The lowest BCUT2D eigenvalue weighted by molar-refractivity contribution is 0.0765. The summed E-state index contributed by atoms with van der Waals surface area (Å²) in [5.74, 6) is 3.32. The fourth-order valence-corrected chi connectivity index (χ4v) is 8.07. The molecule has 0 aromatic heterocycles. The highest BCUT2D eigenvalue weighted by Gasteiger charge is 2.47. The van der Waals surface area contributed by atoms with Crippen molar-refractivity contribution in [2.75, 3.05) is 21.3 Å². The summed E-state index contributed by atoms with van der Waals surface area (Å²) in [5, 5.41) is 9.67. The molecule has 2 atom stereocenters. The number of hydrogen-bond acceptors (Lipinski definition) is 6. The van der Waals surface area contributed by atoms with E-state index in [1.807, 2.05) is 48.5 Å². The van der Waals surface area contributed by atoms with Crippen molar-refractivity contribution >= 4 is 11.6 Å². The van der Waals surface area contributed by atoms with Crippen LogP contribution in [0.3, 0.4) is 0 Å². The predicted molar refractivity (Wildman–Crippen MR) is 179 cm³/mol. The van der Waals surface area contributed by atoms with Gasteiger partial charge in [0.15, 0.2) is 11.6 Å². The Labute approximate surface area is 271 Å². The normalized spacial score (nSPS) is 21.7. The number of aryl methyl sites for hydroxylation is 2. The van der Waals surface area contributed by atoms with E-state index in [2.05, 4.69) is 12.1 Å². The number of carbonyl (C=O) groups is 2. The lowest BCUT2D eigenvalue weighted by Gasteiger charge is -2.33. The van der Waals surface area contributed by atoms with Gasteiger partial charge in [0.2, 0.25) is 0 Å². The van der Waals surface area contributed by atoms with Crippen molar-refractivity contribution < 1.29 is 28.9 Å². The molecule has 0 radical (unpaired) electrons. The second-order valence-corrected chi connectivity index (χ2v) is 13.1. The third-order valence-corrected chi connectivity index (χ3v) is 10.5. The number of phenolic OH excluding ortho intramolecular Hbond substituents is 1. The minimum atomic E-state index is -0.322. The molecule has 2 spiro atoms. The molecule has 0 fully saturated rings. The zero-order valence-electron chi connectivity index (χ0n) is 26.1. The summed E-state index contributed by atoms with van der Waals surface area (Å²) in [6.45, 7) is 0. The Bertz CT molecular complexity index is 1840. The number of methoxy groups -OCH3 is 3. The van der Waals surface area contributed by atoms with Crippen molar-refractivity contribution in [1.82, 2.24) is 0 Å². The monoisotopic (exact) mass is 618 g/mol. The standard InChI is InChI=1S/C20H20O3.C19H18O3.CH4/c1-22-16-4-3-14-11-20(12-15(14)10-16)8-7-13-9-17(23-2)5-6-18(13)19(20)21;1-22-16-4-5-17-12(9-16)6-7-19(18(17)21)10-13-2-3-15(20)8-14(13)11-19;/h3-6,9-10H,7-8,11-12H2,1-2H3;2-5,8-9,20H,6-7,10-11H2,1H3;1H4. The number of Topliss-reactive ketones (excluding diaryl/α,β-unsaturated/α-hetero) is 2. The molecule has 0 saturated carbocycles. The molecular weight excluding hydrogens is 576 g/mol. The summed E-state index contributed by atoms with van der Waals surface area (Å²) < 4.78 is 15.9. The number of hydrogen-bond donors (Lipinski definition) is 1. The van der Waals surface area contributed by atoms with Crippen LogP contribution in [0.1, 0.15) is 74.4 Å². The fraction of sp³-hybridized carbons (Fsp3) is 0.350. The van der Waals surface area contributed by atoms with Crippen molar-refractivity contribution in [1.29, 1.82) is 0 Å². The topological polar surface area (TPSA) is 82.1 Å². The molecule has 4 aliphatic rings. The SMILES string of the molecule is C.COc1ccc2c(c1)CC1(CCc3cc(OC)ccc3C1=O)C2.COc1ccc2c(c1)CCC1(Cc3ccc(O)cc3C1)C2=O. The number of benzene rings is 4. The average Bonchev–Trinajstić information content (AvgIpc) is 3.63. The molecule has 2 unspecified atom stereocenters. The molecule has 6 heteroatoms. The van der Waals surface area contributed by atoms with Gasteiger partial charge in [0, 0.05) is 22.0 Å². The zero-order chi connectivity index (χ0) is 31.3. The first-order valence-electron chi connectivity index (χ1n) is 15.7. The molecular formula is C40H42O6. The van der Waals surface area contributed by atoms with Crippen LogP contribution in [0.15, 0.2) is 72.8 Å². The molecule has 1 N–H and O–H groups in total. The van der Waals surface area contributed by atoms with Crippen molar-refractivity contribution in [3.05, 3.63) is 117 Å². The molecule has 0 heterocycles. The molecule has 4 aromatic carbocycles. The van der Waals surface area contributed by atoms with Gasteiger partial charge in [0.1, 0.15) is 23.0 Å². The number of rotatable bonds is 3. The zero-order valence-corrected chi connectivity index (χ0v) is 26.1. The van der Waals surface area contributed by atoms with E-state index in [0.717, 1.165) is 96.4 Å². The summed E-state index contributed by atoms with van der Waals surface area (Å²) in [6, 6.07) is 23.2. The number of ketones is 2. The number of carbonyl (C=O) groups excluding carboxylic acids is 2. The van der Waals surface area contributed by atoms with Crippen LogP contribution in [0.25, 0.3) is 0 Å². The van der Waals surface area contributed by atoms with Crippen molar-refractivity contribution in [3.63, 3.8) is 0 Å². The Hall–Kier alpha value is -4.58. The Morgan fingerprint density at radius 3 is 1.39 bits per heavy atom. The van der Waals surface area contributed by atoms with Crippen LogP contribution in [0.4, 0.5) is 0 Å². The third-order valence-electron chi connectivity index (χ3n) is 10.5. The van der Waals surface area contributed by atoms with Crippen LogP contribution in [-0.4, -0.2) is 38.0 Å². The van der Waals surface area contributed by atoms with E-state index in [0.29, 0.717) is 0 Å². The van der Waals surface area contributed by atoms with Crippen LogP contribution in [0.5, 0.6) is 23.0 Å². The van der Waals surface area contributed by atoms with E-state index in [9.17, 15) is 14.7 Å². The van der Waals surface area contributed by atoms with Crippen molar-refractivity contribution in [3.8, 4) is 23.0 Å². The summed E-state index contributed by atoms with van der Waals surface area (Å²) in [5.41, 5.74) is 8.19. The molecule has 4 aliphatic carbocycles. The first-order chi connectivity index (χ1) is 21.8. The second kappa shape index (κ2) is 12.0. The molecule has 0 bridgehead atoms. The molecule has 238 valence electrons.